The quantitative estimate of drug-likeness (QED) is 0.671. The second kappa shape index (κ2) is 9.33. The number of nitrogens with one attached hydrogen (secondary N) is 2. The van der Waals surface area contributed by atoms with Crippen molar-refractivity contribution >= 4 is 11.7 Å². The largest absolute Gasteiger partial charge is 0.382 e. The van der Waals surface area contributed by atoms with E-state index in [-0.39, 0.29) is 5.91 Å². The van der Waals surface area contributed by atoms with E-state index in [0.717, 1.165) is 25.2 Å². The van der Waals surface area contributed by atoms with Crippen LogP contribution in [0.1, 0.15) is 37.0 Å². The topological polar surface area (TPSA) is 63.2 Å². The number of hydrogen-bond acceptors (Lipinski definition) is 4. The van der Waals surface area contributed by atoms with E-state index in [4.69, 9.17) is 4.74 Å². The number of nitrogens with zero attached hydrogens (tertiary/aromatic N) is 1. The van der Waals surface area contributed by atoms with Crippen LogP contribution in [-0.4, -0.2) is 37.2 Å². The number of rotatable bonds is 9. The number of pyridine rings is 1. The van der Waals surface area contributed by atoms with Crippen molar-refractivity contribution in [2.75, 3.05) is 31.6 Å². The Kier molecular flexibility index (Phi) is 7.58. The predicted molar refractivity (Wildman–Crippen MR) is 76.5 cm³/mol. The summed E-state index contributed by atoms with van der Waals surface area (Å²) in [6, 6.07) is 3.49. The first-order valence-corrected chi connectivity index (χ1v) is 6.83. The van der Waals surface area contributed by atoms with Gasteiger partial charge in [-0.1, -0.05) is 6.92 Å². The Balaban J connectivity index is 2.38. The maximum Gasteiger partial charge on any atom is 0.251 e. The van der Waals surface area contributed by atoms with Crippen LogP contribution in [0.15, 0.2) is 18.3 Å². The lowest BCUT2D eigenvalue weighted by Gasteiger charge is -2.07. The maximum absolute atomic E-state index is 11.9. The molecule has 1 amide bonds. The van der Waals surface area contributed by atoms with Gasteiger partial charge in [-0.3, -0.25) is 4.79 Å². The van der Waals surface area contributed by atoms with Crippen LogP contribution < -0.4 is 10.6 Å². The minimum atomic E-state index is -0.0709. The summed E-state index contributed by atoms with van der Waals surface area (Å²) in [4.78, 5) is 16.1. The van der Waals surface area contributed by atoms with Gasteiger partial charge in [0.25, 0.3) is 5.91 Å². The van der Waals surface area contributed by atoms with Crippen molar-refractivity contribution in [1.82, 2.24) is 10.3 Å². The smallest absolute Gasteiger partial charge is 0.251 e. The van der Waals surface area contributed by atoms with E-state index in [9.17, 15) is 4.79 Å². The van der Waals surface area contributed by atoms with Crippen molar-refractivity contribution in [2.24, 2.45) is 0 Å². The molecule has 0 unspecified atom stereocenters. The first-order chi connectivity index (χ1) is 9.27. The highest BCUT2D eigenvalue weighted by Crippen LogP contribution is 2.06. The number of anilines is 1. The lowest BCUT2D eigenvalue weighted by atomic mass is 10.2. The van der Waals surface area contributed by atoms with Crippen LogP contribution in [0.4, 0.5) is 5.82 Å². The fourth-order valence-electron chi connectivity index (χ4n) is 1.54. The van der Waals surface area contributed by atoms with Gasteiger partial charge in [0, 0.05) is 38.1 Å². The summed E-state index contributed by atoms with van der Waals surface area (Å²) >= 11 is 0. The summed E-state index contributed by atoms with van der Waals surface area (Å²) in [5.41, 5.74) is 0.630. The highest BCUT2D eigenvalue weighted by atomic mass is 16.5. The van der Waals surface area contributed by atoms with Crippen molar-refractivity contribution in [2.45, 2.75) is 26.7 Å². The highest BCUT2D eigenvalue weighted by Gasteiger charge is 2.05. The molecule has 0 bridgehead atoms. The van der Waals surface area contributed by atoms with Crippen molar-refractivity contribution in [3.63, 3.8) is 0 Å². The molecule has 2 N–H and O–H groups in total. The fourth-order valence-corrected chi connectivity index (χ4v) is 1.54. The van der Waals surface area contributed by atoms with Gasteiger partial charge >= 0.3 is 0 Å². The van der Waals surface area contributed by atoms with E-state index in [0.29, 0.717) is 25.3 Å². The van der Waals surface area contributed by atoms with Crippen LogP contribution in [0.5, 0.6) is 0 Å². The summed E-state index contributed by atoms with van der Waals surface area (Å²) in [7, 11) is 0. The average Bonchev–Trinajstić information content (AvgIpc) is 2.45. The molecule has 0 aliphatic carbocycles. The zero-order valence-corrected chi connectivity index (χ0v) is 11.7. The number of carbonyl (C=O) groups excluding carboxylic acids is 1. The molecule has 0 aliphatic heterocycles. The number of ether oxygens (including phenoxy) is 1. The first kappa shape index (κ1) is 15.4. The van der Waals surface area contributed by atoms with Crippen molar-refractivity contribution in [3.8, 4) is 0 Å². The number of amides is 1. The molecule has 5 nitrogen and oxygen atoms in total. The van der Waals surface area contributed by atoms with E-state index in [2.05, 4.69) is 22.5 Å². The molecule has 0 saturated carbocycles. The van der Waals surface area contributed by atoms with Crippen molar-refractivity contribution in [1.29, 1.82) is 0 Å². The van der Waals surface area contributed by atoms with Gasteiger partial charge in [-0.15, -0.1) is 0 Å². The Hall–Kier alpha value is -1.62. The third-order valence-electron chi connectivity index (χ3n) is 2.53. The summed E-state index contributed by atoms with van der Waals surface area (Å²) in [6.45, 7) is 6.91. The molecule has 0 atom stereocenters. The molecule has 0 fully saturated rings. The molecular formula is C14H23N3O2. The van der Waals surface area contributed by atoms with Gasteiger partial charge in [0.2, 0.25) is 0 Å². The molecule has 0 radical (unpaired) electrons. The second-order valence-electron chi connectivity index (χ2n) is 4.16. The minimum Gasteiger partial charge on any atom is -0.382 e. The normalized spacial score (nSPS) is 10.2. The molecule has 19 heavy (non-hydrogen) atoms. The average molecular weight is 265 g/mol. The van der Waals surface area contributed by atoms with E-state index >= 15 is 0 Å². The maximum atomic E-state index is 11.9. The Labute approximate surface area is 114 Å². The zero-order chi connectivity index (χ0) is 13.9. The summed E-state index contributed by atoms with van der Waals surface area (Å²) in [6.07, 6.45) is 3.49. The van der Waals surface area contributed by atoms with Gasteiger partial charge in [-0.25, -0.2) is 4.98 Å². The Morgan fingerprint density at radius 3 is 2.95 bits per heavy atom. The van der Waals surface area contributed by atoms with Gasteiger partial charge in [0.1, 0.15) is 5.82 Å². The predicted octanol–water partition coefficient (Wildman–Crippen LogP) is 2.06. The fraction of sp³-hybridized carbons (Fsp3) is 0.571. The second-order valence-corrected chi connectivity index (χ2v) is 4.16. The third kappa shape index (κ3) is 6.20. The van der Waals surface area contributed by atoms with Gasteiger partial charge in [-0.2, -0.15) is 0 Å². The van der Waals surface area contributed by atoms with E-state index in [1.54, 1.807) is 18.3 Å². The van der Waals surface area contributed by atoms with Gasteiger partial charge in [-0.05, 0) is 31.9 Å². The molecule has 0 spiro atoms. The Morgan fingerprint density at radius 1 is 1.37 bits per heavy atom. The molecule has 1 aromatic rings. The lowest BCUT2D eigenvalue weighted by molar-refractivity contribution is 0.0944. The van der Waals surface area contributed by atoms with Crippen LogP contribution in [0.3, 0.4) is 0 Å². The van der Waals surface area contributed by atoms with E-state index in [1.165, 1.54) is 0 Å². The van der Waals surface area contributed by atoms with Crippen molar-refractivity contribution < 1.29 is 9.53 Å². The standard InChI is InChI=1S/C14H23N3O2/c1-3-7-15-13-11-12(6-9-16-13)14(18)17-8-5-10-19-4-2/h6,9,11H,3-5,7-8,10H2,1-2H3,(H,15,16)(H,17,18). The lowest BCUT2D eigenvalue weighted by Crippen LogP contribution is -2.25. The van der Waals surface area contributed by atoms with Crippen LogP contribution in [0, 0.1) is 0 Å². The van der Waals surface area contributed by atoms with Gasteiger partial charge in [0.05, 0.1) is 0 Å². The Bertz CT molecular complexity index is 383. The third-order valence-corrected chi connectivity index (χ3v) is 2.53. The Morgan fingerprint density at radius 2 is 2.21 bits per heavy atom. The molecule has 106 valence electrons. The molecule has 1 rings (SSSR count). The molecule has 0 aliphatic rings. The molecule has 5 heteroatoms. The van der Waals surface area contributed by atoms with Crippen molar-refractivity contribution in [3.05, 3.63) is 23.9 Å². The van der Waals surface area contributed by atoms with Crippen LogP contribution in [0.25, 0.3) is 0 Å². The zero-order valence-electron chi connectivity index (χ0n) is 11.7. The summed E-state index contributed by atoms with van der Waals surface area (Å²) in [5.74, 6) is 0.669. The SMILES string of the molecule is CCCNc1cc(C(=O)NCCCOCC)ccn1. The van der Waals surface area contributed by atoms with Gasteiger partial charge in [0.15, 0.2) is 0 Å². The van der Waals surface area contributed by atoms with E-state index < -0.39 is 0 Å². The number of carbonyl (C=O) groups is 1. The van der Waals surface area contributed by atoms with Gasteiger partial charge < -0.3 is 15.4 Å². The molecule has 1 heterocycles. The monoisotopic (exact) mass is 265 g/mol. The molecule has 0 saturated heterocycles. The van der Waals surface area contributed by atoms with Crippen LogP contribution in [-0.2, 0) is 4.74 Å². The minimum absolute atomic E-state index is 0.0709. The molecule has 1 aromatic heterocycles. The first-order valence-electron chi connectivity index (χ1n) is 6.83. The molecule has 0 aromatic carbocycles. The number of hydrogen-bond donors (Lipinski definition) is 2. The summed E-state index contributed by atoms with van der Waals surface area (Å²) in [5, 5.41) is 6.03. The van der Waals surface area contributed by atoms with E-state index in [1.807, 2.05) is 6.92 Å². The van der Waals surface area contributed by atoms with Crippen LogP contribution >= 0.6 is 0 Å². The summed E-state index contributed by atoms with van der Waals surface area (Å²) < 4.78 is 5.21. The highest BCUT2D eigenvalue weighted by molar-refractivity contribution is 5.94. The number of aromatic nitrogens is 1. The van der Waals surface area contributed by atoms with Crippen LogP contribution in [0.2, 0.25) is 0 Å². The molecular weight excluding hydrogens is 242 g/mol.